The number of morpholine rings is 1. The molecule has 2 unspecified atom stereocenters. The summed E-state index contributed by atoms with van der Waals surface area (Å²) >= 11 is 0. The Morgan fingerprint density at radius 3 is 2.26 bits per heavy atom. The molecule has 8 heteroatoms. The zero-order chi connectivity index (χ0) is 22.8. The van der Waals surface area contributed by atoms with Crippen molar-refractivity contribution in [2.24, 2.45) is 0 Å². The Balaban J connectivity index is 1.72. The van der Waals surface area contributed by atoms with Crippen LogP contribution < -0.4 is 10.1 Å². The second-order valence-electron chi connectivity index (χ2n) is 8.20. The third-order valence-corrected chi connectivity index (χ3v) is 6.80. The second kappa shape index (κ2) is 9.38. The molecule has 1 aliphatic heterocycles. The number of hydrogen-bond donors (Lipinski definition) is 1. The number of carbonyl (C=O) groups is 1. The van der Waals surface area contributed by atoms with Gasteiger partial charge in [0.1, 0.15) is 5.75 Å². The Hall–Kier alpha value is -2.42. The van der Waals surface area contributed by atoms with Crippen molar-refractivity contribution < 1.29 is 22.7 Å². The molecule has 0 spiro atoms. The summed E-state index contributed by atoms with van der Waals surface area (Å²) in [5.74, 6) is 0.435. The molecule has 0 aromatic heterocycles. The quantitative estimate of drug-likeness (QED) is 0.729. The van der Waals surface area contributed by atoms with E-state index in [9.17, 15) is 13.2 Å². The molecule has 1 saturated heterocycles. The summed E-state index contributed by atoms with van der Waals surface area (Å²) in [6, 6.07) is 11.5. The Morgan fingerprint density at radius 2 is 1.71 bits per heavy atom. The molecular weight excluding hydrogens is 416 g/mol. The Morgan fingerprint density at radius 1 is 1.10 bits per heavy atom. The molecule has 1 aliphatic rings. The van der Waals surface area contributed by atoms with Crippen molar-refractivity contribution in [3.8, 4) is 5.75 Å². The van der Waals surface area contributed by atoms with Crippen LogP contribution in [0, 0.1) is 6.92 Å². The van der Waals surface area contributed by atoms with Gasteiger partial charge in [0.05, 0.1) is 23.2 Å². The molecule has 2 aromatic rings. The molecular formula is C23H30N2O5S. The highest BCUT2D eigenvalue weighted by Gasteiger charge is 2.32. The van der Waals surface area contributed by atoms with Crippen LogP contribution in [0.4, 0.5) is 5.69 Å². The topological polar surface area (TPSA) is 84.9 Å². The predicted molar refractivity (Wildman–Crippen MR) is 120 cm³/mol. The predicted octanol–water partition coefficient (Wildman–Crippen LogP) is 3.83. The number of sulfonamides is 1. The lowest BCUT2D eigenvalue weighted by Crippen LogP contribution is -2.48. The lowest BCUT2D eigenvalue weighted by Gasteiger charge is -2.34. The first-order valence-electron chi connectivity index (χ1n) is 10.4. The average molecular weight is 447 g/mol. The standard InChI is InChI=1S/C23H30N2O5S/c1-15(2)29-20-8-11-22(16(3)12-20)24-23(26)19-6-9-21(10-7-19)31(27,28)25-13-17(4)30-18(5)14-25/h6-12,15,17-18H,13-14H2,1-5H3,(H,24,26). The maximum Gasteiger partial charge on any atom is 0.255 e. The minimum Gasteiger partial charge on any atom is -0.491 e. The molecule has 2 aromatic carbocycles. The summed E-state index contributed by atoms with van der Waals surface area (Å²) < 4.78 is 38.6. The summed E-state index contributed by atoms with van der Waals surface area (Å²) in [5, 5.41) is 2.87. The lowest BCUT2D eigenvalue weighted by atomic mass is 10.1. The molecule has 0 radical (unpaired) electrons. The molecule has 0 aliphatic carbocycles. The van der Waals surface area contributed by atoms with Gasteiger partial charge in [0.25, 0.3) is 5.91 Å². The van der Waals surface area contributed by atoms with Gasteiger partial charge in [-0.05, 0) is 82.6 Å². The fourth-order valence-corrected chi connectivity index (χ4v) is 5.16. The fraction of sp³-hybridized carbons (Fsp3) is 0.435. The summed E-state index contributed by atoms with van der Waals surface area (Å²) in [6.07, 6.45) is -0.258. The maximum absolute atomic E-state index is 13.0. The number of rotatable bonds is 6. The third kappa shape index (κ3) is 5.64. The van der Waals surface area contributed by atoms with Gasteiger partial charge < -0.3 is 14.8 Å². The molecule has 7 nitrogen and oxygen atoms in total. The minimum absolute atomic E-state index is 0.0681. The number of amides is 1. The van der Waals surface area contributed by atoms with Crippen LogP contribution in [0.3, 0.4) is 0 Å². The number of nitrogens with one attached hydrogen (secondary N) is 1. The maximum atomic E-state index is 13.0. The molecule has 168 valence electrons. The second-order valence-corrected chi connectivity index (χ2v) is 10.1. The largest absolute Gasteiger partial charge is 0.491 e. The Kier molecular flexibility index (Phi) is 7.03. The van der Waals surface area contributed by atoms with Crippen LogP contribution >= 0.6 is 0 Å². The van der Waals surface area contributed by atoms with E-state index >= 15 is 0 Å². The Labute approximate surface area is 184 Å². The zero-order valence-electron chi connectivity index (χ0n) is 18.6. The molecule has 0 saturated carbocycles. The van der Waals surface area contributed by atoms with Gasteiger partial charge in [-0.2, -0.15) is 4.31 Å². The molecule has 1 amide bonds. The molecule has 0 bridgehead atoms. The van der Waals surface area contributed by atoms with Gasteiger partial charge in [0.2, 0.25) is 10.0 Å². The van der Waals surface area contributed by atoms with E-state index in [1.807, 2.05) is 46.8 Å². The smallest absolute Gasteiger partial charge is 0.255 e. The first-order chi connectivity index (χ1) is 14.6. The highest BCUT2D eigenvalue weighted by atomic mass is 32.2. The van der Waals surface area contributed by atoms with Crippen LogP contribution in [0.15, 0.2) is 47.4 Å². The molecule has 1 N–H and O–H groups in total. The van der Waals surface area contributed by atoms with Gasteiger partial charge >= 0.3 is 0 Å². The Bertz CT molecular complexity index is 1020. The van der Waals surface area contributed by atoms with Crippen molar-refractivity contribution in [2.75, 3.05) is 18.4 Å². The van der Waals surface area contributed by atoms with Crippen LogP contribution in [-0.4, -0.2) is 50.0 Å². The monoisotopic (exact) mass is 446 g/mol. The van der Waals surface area contributed by atoms with Gasteiger partial charge in [-0.3, -0.25) is 4.79 Å². The number of carbonyl (C=O) groups excluding carboxylic acids is 1. The van der Waals surface area contributed by atoms with Gasteiger partial charge in [-0.15, -0.1) is 0 Å². The van der Waals surface area contributed by atoms with Gasteiger partial charge in [0.15, 0.2) is 0 Å². The van der Waals surface area contributed by atoms with E-state index < -0.39 is 10.0 Å². The van der Waals surface area contributed by atoms with Crippen LogP contribution in [0.5, 0.6) is 5.75 Å². The first kappa shape index (κ1) is 23.2. The number of ether oxygens (including phenoxy) is 2. The van der Waals surface area contributed by atoms with E-state index in [1.165, 1.54) is 28.6 Å². The van der Waals surface area contributed by atoms with Crippen LogP contribution in [0.1, 0.15) is 43.6 Å². The van der Waals surface area contributed by atoms with E-state index in [0.717, 1.165) is 11.3 Å². The molecule has 2 atom stereocenters. The number of aryl methyl sites for hydroxylation is 1. The highest BCUT2D eigenvalue weighted by Crippen LogP contribution is 2.24. The molecule has 31 heavy (non-hydrogen) atoms. The van der Waals surface area contributed by atoms with Gasteiger partial charge in [-0.25, -0.2) is 8.42 Å². The summed E-state index contributed by atoms with van der Waals surface area (Å²) in [7, 11) is -3.64. The van der Waals surface area contributed by atoms with Crippen molar-refractivity contribution in [2.45, 2.75) is 57.8 Å². The van der Waals surface area contributed by atoms with E-state index in [4.69, 9.17) is 9.47 Å². The number of benzene rings is 2. The van der Waals surface area contributed by atoms with E-state index in [1.54, 1.807) is 6.07 Å². The van der Waals surface area contributed by atoms with Gasteiger partial charge in [-0.1, -0.05) is 0 Å². The molecule has 1 heterocycles. The first-order valence-corrected chi connectivity index (χ1v) is 11.8. The third-order valence-electron chi connectivity index (χ3n) is 4.96. The summed E-state index contributed by atoms with van der Waals surface area (Å²) in [5.41, 5.74) is 1.93. The molecule has 3 rings (SSSR count). The van der Waals surface area contributed by atoms with E-state index in [2.05, 4.69) is 5.32 Å². The SMILES string of the molecule is Cc1cc(OC(C)C)ccc1NC(=O)c1ccc(S(=O)(=O)N2CC(C)OC(C)C2)cc1. The highest BCUT2D eigenvalue weighted by molar-refractivity contribution is 7.89. The van der Waals surface area contributed by atoms with Crippen LogP contribution in [-0.2, 0) is 14.8 Å². The van der Waals surface area contributed by atoms with Crippen molar-refractivity contribution in [1.29, 1.82) is 0 Å². The normalized spacial score (nSPS) is 19.9. The summed E-state index contributed by atoms with van der Waals surface area (Å²) in [4.78, 5) is 12.8. The van der Waals surface area contributed by atoms with E-state index in [-0.39, 0.29) is 29.1 Å². The van der Waals surface area contributed by atoms with Crippen LogP contribution in [0.2, 0.25) is 0 Å². The average Bonchev–Trinajstić information content (AvgIpc) is 2.69. The minimum atomic E-state index is -3.64. The lowest BCUT2D eigenvalue weighted by molar-refractivity contribution is -0.0440. The van der Waals surface area contributed by atoms with Gasteiger partial charge in [0, 0.05) is 24.3 Å². The van der Waals surface area contributed by atoms with Crippen molar-refractivity contribution in [3.05, 3.63) is 53.6 Å². The zero-order valence-corrected chi connectivity index (χ0v) is 19.4. The fourth-order valence-electron chi connectivity index (χ4n) is 3.57. The van der Waals surface area contributed by atoms with E-state index in [0.29, 0.717) is 24.3 Å². The number of anilines is 1. The van der Waals surface area contributed by atoms with Crippen LogP contribution in [0.25, 0.3) is 0 Å². The van der Waals surface area contributed by atoms with Crippen molar-refractivity contribution in [3.63, 3.8) is 0 Å². The summed E-state index contributed by atoms with van der Waals surface area (Å²) in [6.45, 7) is 10.1. The number of nitrogens with zero attached hydrogens (tertiary/aromatic N) is 1. The van der Waals surface area contributed by atoms with Crippen molar-refractivity contribution in [1.82, 2.24) is 4.31 Å². The van der Waals surface area contributed by atoms with Crippen molar-refractivity contribution >= 4 is 21.6 Å². The molecule has 1 fully saturated rings. The number of hydrogen-bond acceptors (Lipinski definition) is 5.